The summed E-state index contributed by atoms with van der Waals surface area (Å²) in [5.41, 5.74) is 2.49. The molecule has 2 aromatic rings. The van der Waals surface area contributed by atoms with E-state index < -0.39 is 0 Å². The molecule has 0 unspecified atom stereocenters. The lowest BCUT2D eigenvalue weighted by Crippen LogP contribution is -2.02. The molecule has 0 saturated carbocycles. The lowest BCUT2D eigenvalue weighted by molar-refractivity contribution is -0.137. The minimum Gasteiger partial charge on any atom is -0.497 e. The van der Waals surface area contributed by atoms with Crippen LogP contribution in [0.1, 0.15) is 18.1 Å². The van der Waals surface area contributed by atoms with E-state index in [-0.39, 0.29) is 5.97 Å². The Morgan fingerprint density at radius 2 is 1.86 bits per heavy atom. The second-order valence-electron chi connectivity index (χ2n) is 4.55. The zero-order valence-corrected chi connectivity index (χ0v) is 13.3. The normalized spacial score (nSPS) is 11.1. The minimum atomic E-state index is -0.381. The second-order valence-corrected chi connectivity index (χ2v) is 4.99. The molecule has 0 aromatic heterocycles. The molecule has 2 rings (SSSR count). The number of hydrogen-bond acceptors (Lipinski definition) is 3. The quantitative estimate of drug-likeness (QED) is 0.608. The predicted octanol–water partition coefficient (Wildman–Crippen LogP) is 4.34. The Kier molecular flexibility index (Phi) is 5.61. The molecule has 4 heteroatoms. The monoisotopic (exact) mass is 316 g/mol. The molecule has 0 amide bonds. The van der Waals surface area contributed by atoms with Gasteiger partial charge in [0.25, 0.3) is 0 Å². The Morgan fingerprint density at radius 3 is 2.45 bits per heavy atom. The van der Waals surface area contributed by atoms with Gasteiger partial charge in [-0.25, -0.2) is 4.79 Å². The van der Waals surface area contributed by atoms with Crippen LogP contribution in [-0.2, 0) is 9.53 Å². The van der Waals surface area contributed by atoms with E-state index in [2.05, 4.69) is 0 Å². The van der Waals surface area contributed by atoms with Gasteiger partial charge in [-0.05, 0) is 47.9 Å². The first-order valence-electron chi connectivity index (χ1n) is 6.93. The molecule has 0 bridgehead atoms. The fourth-order valence-corrected chi connectivity index (χ4v) is 2.25. The van der Waals surface area contributed by atoms with Crippen LogP contribution in [0.15, 0.2) is 54.6 Å². The summed E-state index contributed by atoms with van der Waals surface area (Å²) in [7, 11) is 1.61. The van der Waals surface area contributed by atoms with Gasteiger partial charge in [0, 0.05) is 11.1 Å². The van der Waals surface area contributed by atoms with Crippen molar-refractivity contribution < 1.29 is 14.3 Å². The number of rotatable bonds is 5. The van der Waals surface area contributed by atoms with E-state index in [0.717, 1.165) is 22.4 Å². The molecule has 0 atom stereocenters. The molecule has 0 radical (unpaired) electrons. The average molecular weight is 317 g/mol. The van der Waals surface area contributed by atoms with Crippen LogP contribution in [0.4, 0.5) is 0 Å². The van der Waals surface area contributed by atoms with Crippen molar-refractivity contribution in [3.05, 3.63) is 70.8 Å². The van der Waals surface area contributed by atoms with E-state index in [0.29, 0.717) is 11.6 Å². The van der Waals surface area contributed by atoms with Crippen LogP contribution in [0.25, 0.3) is 5.57 Å². The van der Waals surface area contributed by atoms with Crippen molar-refractivity contribution in [2.75, 3.05) is 13.7 Å². The smallest absolute Gasteiger partial charge is 0.331 e. The third-order valence-corrected chi connectivity index (χ3v) is 3.32. The predicted molar refractivity (Wildman–Crippen MR) is 88.2 cm³/mol. The van der Waals surface area contributed by atoms with Crippen molar-refractivity contribution in [1.29, 1.82) is 0 Å². The topological polar surface area (TPSA) is 35.5 Å². The van der Waals surface area contributed by atoms with E-state index in [1.807, 2.05) is 42.5 Å². The highest BCUT2D eigenvalue weighted by Crippen LogP contribution is 2.27. The van der Waals surface area contributed by atoms with Crippen LogP contribution in [0.3, 0.4) is 0 Å². The summed E-state index contributed by atoms with van der Waals surface area (Å²) in [6.45, 7) is 2.11. The van der Waals surface area contributed by atoms with Crippen molar-refractivity contribution in [2.24, 2.45) is 0 Å². The van der Waals surface area contributed by atoms with E-state index in [4.69, 9.17) is 21.1 Å². The maximum absolute atomic E-state index is 11.9. The zero-order valence-electron chi connectivity index (χ0n) is 12.5. The molecule has 0 saturated heterocycles. The van der Waals surface area contributed by atoms with Gasteiger partial charge < -0.3 is 9.47 Å². The summed E-state index contributed by atoms with van der Waals surface area (Å²) >= 11 is 6.06. The van der Waals surface area contributed by atoms with Crippen LogP contribution in [0.5, 0.6) is 5.75 Å². The third-order valence-electron chi connectivity index (χ3n) is 3.09. The molecule has 0 N–H and O–H groups in total. The SMILES string of the molecule is CCOC(=O)C=C(c1ccc(OC)cc1)c1cccc(Cl)c1. The number of halogens is 1. The van der Waals surface area contributed by atoms with Crippen LogP contribution in [0, 0.1) is 0 Å². The number of carbonyl (C=O) groups is 1. The van der Waals surface area contributed by atoms with Gasteiger partial charge in [-0.3, -0.25) is 0 Å². The van der Waals surface area contributed by atoms with Gasteiger partial charge in [-0.1, -0.05) is 35.9 Å². The maximum Gasteiger partial charge on any atom is 0.331 e. The Labute approximate surface area is 135 Å². The fourth-order valence-electron chi connectivity index (χ4n) is 2.06. The first kappa shape index (κ1) is 16.1. The van der Waals surface area contributed by atoms with Crippen molar-refractivity contribution in [3.63, 3.8) is 0 Å². The van der Waals surface area contributed by atoms with Gasteiger partial charge in [-0.2, -0.15) is 0 Å². The highest BCUT2D eigenvalue weighted by atomic mass is 35.5. The van der Waals surface area contributed by atoms with Crippen molar-refractivity contribution in [3.8, 4) is 5.75 Å². The molecule has 0 spiro atoms. The summed E-state index contributed by atoms with van der Waals surface area (Å²) < 4.78 is 10.2. The van der Waals surface area contributed by atoms with Crippen molar-refractivity contribution in [2.45, 2.75) is 6.92 Å². The number of carbonyl (C=O) groups excluding carboxylic acids is 1. The van der Waals surface area contributed by atoms with Crippen LogP contribution in [-0.4, -0.2) is 19.7 Å². The lowest BCUT2D eigenvalue weighted by Gasteiger charge is -2.10. The lowest BCUT2D eigenvalue weighted by atomic mass is 9.97. The van der Waals surface area contributed by atoms with Gasteiger partial charge in [-0.15, -0.1) is 0 Å². The molecule has 0 heterocycles. The van der Waals surface area contributed by atoms with Gasteiger partial charge in [0.2, 0.25) is 0 Å². The molecule has 0 aliphatic heterocycles. The Morgan fingerprint density at radius 1 is 1.14 bits per heavy atom. The summed E-state index contributed by atoms with van der Waals surface area (Å²) in [6, 6.07) is 14.8. The maximum atomic E-state index is 11.9. The van der Waals surface area contributed by atoms with Gasteiger partial charge in [0.1, 0.15) is 5.75 Å². The number of ether oxygens (including phenoxy) is 2. The summed E-state index contributed by atoms with van der Waals surface area (Å²) in [4.78, 5) is 11.9. The highest BCUT2D eigenvalue weighted by molar-refractivity contribution is 6.30. The Hall–Kier alpha value is -2.26. The van der Waals surface area contributed by atoms with Gasteiger partial charge in [0.15, 0.2) is 0 Å². The van der Waals surface area contributed by atoms with Crippen molar-refractivity contribution in [1.82, 2.24) is 0 Å². The summed E-state index contributed by atoms with van der Waals surface area (Å²) in [6.07, 6.45) is 1.48. The van der Waals surface area contributed by atoms with Crippen LogP contribution < -0.4 is 4.74 Å². The number of methoxy groups -OCH3 is 1. The van der Waals surface area contributed by atoms with Crippen LogP contribution in [0.2, 0.25) is 5.02 Å². The number of hydrogen-bond donors (Lipinski definition) is 0. The van der Waals surface area contributed by atoms with E-state index in [9.17, 15) is 4.79 Å². The molecular formula is C18H17ClO3. The number of benzene rings is 2. The molecule has 22 heavy (non-hydrogen) atoms. The highest BCUT2D eigenvalue weighted by Gasteiger charge is 2.09. The standard InChI is InChI=1S/C18H17ClO3/c1-3-22-18(20)12-17(14-5-4-6-15(19)11-14)13-7-9-16(21-2)10-8-13/h4-12H,3H2,1-2H3. The second kappa shape index (κ2) is 7.66. The van der Waals surface area contributed by atoms with Crippen LogP contribution >= 0.6 is 11.6 Å². The molecule has 2 aromatic carbocycles. The zero-order chi connectivity index (χ0) is 15.9. The third kappa shape index (κ3) is 4.12. The van der Waals surface area contributed by atoms with Crippen molar-refractivity contribution >= 4 is 23.1 Å². The largest absolute Gasteiger partial charge is 0.497 e. The van der Waals surface area contributed by atoms with E-state index in [1.54, 1.807) is 20.1 Å². The average Bonchev–Trinajstić information content (AvgIpc) is 2.53. The molecule has 0 aliphatic carbocycles. The Bertz CT molecular complexity index is 675. The summed E-state index contributed by atoms with van der Waals surface area (Å²) in [5.74, 6) is 0.374. The first-order valence-corrected chi connectivity index (χ1v) is 7.30. The molecule has 114 valence electrons. The van der Waals surface area contributed by atoms with E-state index in [1.165, 1.54) is 6.08 Å². The van der Waals surface area contributed by atoms with E-state index >= 15 is 0 Å². The number of esters is 1. The Balaban J connectivity index is 2.47. The molecule has 3 nitrogen and oxygen atoms in total. The van der Waals surface area contributed by atoms with Gasteiger partial charge in [0.05, 0.1) is 13.7 Å². The molecular weight excluding hydrogens is 300 g/mol. The molecule has 0 fully saturated rings. The molecule has 0 aliphatic rings. The minimum absolute atomic E-state index is 0.334. The first-order chi connectivity index (χ1) is 10.6. The summed E-state index contributed by atoms with van der Waals surface area (Å²) in [5, 5.41) is 0.612. The fraction of sp³-hybridized carbons (Fsp3) is 0.167. The van der Waals surface area contributed by atoms with Gasteiger partial charge >= 0.3 is 5.97 Å².